The van der Waals surface area contributed by atoms with Crippen molar-refractivity contribution in [2.45, 2.75) is 6.92 Å². The lowest BCUT2D eigenvalue weighted by Gasteiger charge is -2.14. The molecule has 4 rings (SSSR count). The summed E-state index contributed by atoms with van der Waals surface area (Å²) in [5.74, 6) is 0.532. The molecule has 0 spiro atoms. The second-order valence-electron chi connectivity index (χ2n) is 6.89. The zero-order chi connectivity index (χ0) is 20.9. The minimum absolute atomic E-state index is 0.532. The molecule has 0 aliphatic rings. The zero-order valence-corrected chi connectivity index (χ0v) is 16.6. The molecule has 0 atom stereocenters. The minimum Gasteiger partial charge on any atom is -0.399 e. The third kappa shape index (κ3) is 4.44. The smallest absolute Gasteiger partial charge is 0.227 e. The Kier molecular flexibility index (Phi) is 5.39. The van der Waals surface area contributed by atoms with Crippen molar-refractivity contribution >= 4 is 28.7 Å². The number of anilines is 4. The van der Waals surface area contributed by atoms with Crippen LogP contribution in [0.2, 0.25) is 0 Å². The van der Waals surface area contributed by atoms with Gasteiger partial charge in [0.1, 0.15) is 0 Å². The van der Waals surface area contributed by atoms with E-state index in [2.05, 4.69) is 32.2 Å². The summed E-state index contributed by atoms with van der Waals surface area (Å²) in [5.41, 5.74) is 13.0. The van der Waals surface area contributed by atoms with Crippen LogP contribution < -0.4 is 16.4 Å². The summed E-state index contributed by atoms with van der Waals surface area (Å²) in [6.07, 6.45) is 5.26. The average molecular weight is 394 g/mol. The molecule has 6 heteroatoms. The first-order valence-corrected chi connectivity index (χ1v) is 9.51. The van der Waals surface area contributed by atoms with Crippen LogP contribution >= 0.6 is 0 Å². The molecule has 0 aliphatic carbocycles. The molecule has 0 bridgehead atoms. The highest BCUT2D eigenvalue weighted by Gasteiger charge is 2.07. The SMILES string of the molecule is C=C(Nc1ccc(Nc2nccc(-c3cccnc3)n2)c(C)c1)c1cccc(N)c1. The van der Waals surface area contributed by atoms with E-state index in [1.165, 1.54) is 0 Å². The zero-order valence-electron chi connectivity index (χ0n) is 16.6. The van der Waals surface area contributed by atoms with E-state index in [9.17, 15) is 0 Å². The fourth-order valence-corrected chi connectivity index (χ4v) is 3.07. The van der Waals surface area contributed by atoms with Crippen LogP contribution in [-0.2, 0) is 0 Å². The van der Waals surface area contributed by atoms with Gasteiger partial charge < -0.3 is 16.4 Å². The van der Waals surface area contributed by atoms with Crippen molar-refractivity contribution in [2.24, 2.45) is 0 Å². The van der Waals surface area contributed by atoms with Crippen LogP contribution in [0.4, 0.5) is 23.0 Å². The van der Waals surface area contributed by atoms with Crippen molar-refractivity contribution in [2.75, 3.05) is 16.4 Å². The van der Waals surface area contributed by atoms with Crippen molar-refractivity contribution in [3.63, 3.8) is 0 Å². The Labute approximate surface area is 175 Å². The Morgan fingerprint density at radius 3 is 2.67 bits per heavy atom. The number of hydrogen-bond donors (Lipinski definition) is 3. The molecule has 0 radical (unpaired) electrons. The topological polar surface area (TPSA) is 88.8 Å². The fourth-order valence-electron chi connectivity index (χ4n) is 3.07. The van der Waals surface area contributed by atoms with E-state index < -0.39 is 0 Å². The monoisotopic (exact) mass is 394 g/mol. The van der Waals surface area contributed by atoms with E-state index in [1.54, 1.807) is 18.6 Å². The summed E-state index contributed by atoms with van der Waals surface area (Å²) in [5, 5.41) is 6.62. The van der Waals surface area contributed by atoms with Gasteiger partial charge in [-0.2, -0.15) is 0 Å². The third-order valence-electron chi connectivity index (χ3n) is 4.62. The van der Waals surface area contributed by atoms with Crippen LogP contribution in [0.15, 0.2) is 85.8 Å². The summed E-state index contributed by atoms with van der Waals surface area (Å²) < 4.78 is 0. The molecular weight excluding hydrogens is 372 g/mol. The predicted molar refractivity (Wildman–Crippen MR) is 123 cm³/mol. The van der Waals surface area contributed by atoms with Crippen molar-refractivity contribution in [1.82, 2.24) is 15.0 Å². The highest BCUT2D eigenvalue weighted by atomic mass is 15.1. The highest BCUT2D eigenvalue weighted by Crippen LogP contribution is 2.26. The fraction of sp³-hybridized carbons (Fsp3) is 0.0417. The van der Waals surface area contributed by atoms with Crippen LogP contribution in [0.25, 0.3) is 17.0 Å². The minimum atomic E-state index is 0.532. The van der Waals surface area contributed by atoms with Crippen LogP contribution in [0, 0.1) is 6.92 Å². The first-order chi connectivity index (χ1) is 14.6. The molecule has 0 aliphatic heterocycles. The van der Waals surface area contributed by atoms with Crippen molar-refractivity contribution in [3.8, 4) is 11.3 Å². The van der Waals surface area contributed by atoms with Gasteiger partial charge in [-0.1, -0.05) is 18.7 Å². The van der Waals surface area contributed by atoms with Crippen LogP contribution in [0.1, 0.15) is 11.1 Å². The van der Waals surface area contributed by atoms with Crippen LogP contribution in [-0.4, -0.2) is 15.0 Å². The van der Waals surface area contributed by atoms with Gasteiger partial charge in [0.05, 0.1) is 5.69 Å². The Bertz CT molecular complexity index is 1190. The van der Waals surface area contributed by atoms with E-state index in [0.29, 0.717) is 11.6 Å². The molecule has 0 saturated carbocycles. The molecule has 0 fully saturated rings. The Morgan fingerprint density at radius 2 is 1.90 bits per heavy atom. The quantitative estimate of drug-likeness (QED) is 0.387. The number of nitrogens with two attached hydrogens (primary N) is 1. The lowest BCUT2D eigenvalue weighted by molar-refractivity contribution is 1.16. The maximum absolute atomic E-state index is 5.86. The highest BCUT2D eigenvalue weighted by molar-refractivity contribution is 5.78. The number of hydrogen-bond acceptors (Lipinski definition) is 6. The molecule has 2 heterocycles. The number of pyridine rings is 1. The number of benzene rings is 2. The largest absolute Gasteiger partial charge is 0.399 e. The molecule has 0 unspecified atom stereocenters. The van der Waals surface area contributed by atoms with Crippen LogP contribution in [0.5, 0.6) is 0 Å². The second kappa shape index (κ2) is 8.45. The Morgan fingerprint density at radius 1 is 1.00 bits per heavy atom. The van der Waals surface area contributed by atoms with Gasteiger partial charge in [-0.25, -0.2) is 9.97 Å². The van der Waals surface area contributed by atoms with Gasteiger partial charge >= 0.3 is 0 Å². The molecule has 0 saturated heterocycles. The third-order valence-corrected chi connectivity index (χ3v) is 4.62. The van der Waals surface area contributed by atoms with Crippen molar-refractivity contribution < 1.29 is 0 Å². The molecule has 0 amide bonds. The molecular formula is C24H22N6. The number of nitrogen functional groups attached to an aromatic ring is 1. The van der Waals surface area contributed by atoms with E-state index in [0.717, 1.165) is 39.5 Å². The van der Waals surface area contributed by atoms with Gasteiger partial charge in [0.2, 0.25) is 5.95 Å². The van der Waals surface area contributed by atoms with Gasteiger partial charge in [-0.3, -0.25) is 4.98 Å². The lowest BCUT2D eigenvalue weighted by atomic mass is 10.1. The molecule has 148 valence electrons. The number of aryl methyl sites for hydroxylation is 1. The molecule has 4 aromatic rings. The molecule has 2 aromatic carbocycles. The Balaban J connectivity index is 1.49. The van der Waals surface area contributed by atoms with Crippen molar-refractivity contribution in [3.05, 3.63) is 97.0 Å². The lowest BCUT2D eigenvalue weighted by Crippen LogP contribution is -2.02. The van der Waals surface area contributed by atoms with Gasteiger partial charge in [0, 0.05) is 46.9 Å². The number of rotatable bonds is 6. The molecule has 30 heavy (non-hydrogen) atoms. The predicted octanol–water partition coefficient (Wildman–Crippen LogP) is 5.26. The van der Waals surface area contributed by atoms with Crippen LogP contribution in [0.3, 0.4) is 0 Å². The van der Waals surface area contributed by atoms with Gasteiger partial charge in [-0.15, -0.1) is 0 Å². The van der Waals surface area contributed by atoms with E-state index in [4.69, 9.17) is 5.73 Å². The van der Waals surface area contributed by atoms with Gasteiger partial charge in [0.25, 0.3) is 0 Å². The van der Waals surface area contributed by atoms with Gasteiger partial charge in [-0.05, 0) is 66.6 Å². The second-order valence-corrected chi connectivity index (χ2v) is 6.89. The summed E-state index contributed by atoms with van der Waals surface area (Å²) in [4.78, 5) is 13.1. The summed E-state index contributed by atoms with van der Waals surface area (Å²) in [7, 11) is 0. The maximum Gasteiger partial charge on any atom is 0.227 e. The first kappa shape index (κ1) is 19.1. The van der Waals surface area contributed by atoms with E-state index in [1.807, 2.05) is 67.6 Å². The number of nitrogens with zero attached hydrogens (tertiary/aromatic N) is 3. The number of nitrogens with one attached hydrogen (secondary N) is 2. The summed E-state index contributed by atoms with van der Waals surface area (Å²) in [6.45, 7) is 6.14. The Hall–Kier alpha value is -4.19. The van der Waals surface area contributed by atoms with E-state index >= 15 is 0 Å². The summed E-state index contributed by atoms with van der Waals surface area (Å²) in [6, 6.07) is 19.4. The first-order valence-electron chi connectivity index (χ1n) is 9.51. The van der Waals surface area contributed by atoms with E-state index in [-0.39, 0.29) is 0 Å². The molecule has 2 aromatic heterocycles. The summed E-state index contributed by atoms with van der Waals surface area (Å²) >= 11 is 0. The normalized spacial score (nSPS) is 10.4. The molecule has 6 nitrogen and oxygen atoms in total. The van der Waals surface area contributed by atoms with Gasteiger partial charge in [0.15, 0.2) is 0 Å². The molecule has 4 N–H and O–H groups in total. The maximum atomic E-state index is 5.86. The van der Waals surface area contributed by atoms with Crippen molar-refractivity contribution in [1.29, 1.82) is 0 Å². The standard InChI is InChI=1S/C24H22N6/c1-16-13-21(28-17(2)18-5-3-7-20(25)14-18)8-9-22(16)29-24-27-12-10-23(30-24)19-6-4-11-26-15-19/h3-15,28H,2,25H2,1H3,(H,27,29,30). The average Bonchev–Trinajstić information content (AvgIpc) is 2.76. The number of aromatic nitrogens is 3.